The second-order valence-electron chi connectivity index (χ2n) is 7.66. The normalized spacial score (nSPS) is 20.0. The number of hydrogen-bond donors (Lipinski definition) is 0. The molecule has 2 heterocycles. The van der Waals surface area contributed by atoms with E-state index in [1.807, 2.05) is 49.2 Å². The molecule has 1 aromatic rings. The lowest BCUT2D eigenvalue weighted by molar-refractivity contribution is -0.139. The lowest BCUT2D eigenvalue weighted by atomic mass is 10.1. The van der Waals surface area contributed by atoms with E-state index in [0.717, 1.165) is 31.7 Å². The second-order valence-corrected chi connectivity index (χ2v) is 7.66. The number of benzene rings is 1. The van der Waals surface area contributed by atoms with E-state index >= 15 is 0 Å². The highest BCUT2D eigenvalue weighted by atomic mass is 16.5. The molecule has 1 atom stereocenters. The Morgan fingerprint density at radius 3 is 2.32 bits per heavy atom. The van der Waals surface area contributed by atoms with E-state index in [0.29, 0.717) is 39.4 Å². The summed E-state index contributed by atoms with van der Waals surface area (Å²) in [6.07, 6.45) is 0. The first-order valence-corrected chi connectivity index (χ1v) is 10.2. The highest BCUT2D eigenvalue weighted by molar-refractivity contribution is 5.81. The van der Waals surface area contributed by atoms with Crippen molar-refractivity contribution in [3.8, 4) is 0 Å². The monoisotopic (exact) mass is 388 g/mol. The van der Waals surface area contributed by atoms with Crippen LogP contribution in [-0.4, -0.2) is 104 Å². The van der Waals surface area contributed by atoms with E-state index in [9.17, 15) is 9.59 Å². The van der Waals surface area contributed by atoms with E-state index in [1.54, 1.807) is 4.90 Å². The quantitative estimate of drug-likeness (QED) is 0.711. The molecule has 0 aliphatic carbocycles. The van der Waals surface area contributed by atoms with Gasteiger partial charge in [0.15, 0.2) is 0 Å². The molecule has 0 saturated carbocycles. The number of carbonyl (C=O) groups excluding carboxylic acids is 2. The van der Waals surface area contributed by atoms with Crippen LogP contribution < -0.4 is 0 Å². The van der Waals surface area contributed by atoms with E-state index in [4.69, 9.17) is 4.74 Å². The van der Waals surface area contributed by atoms with Gasteiger partial charge in [-0.1, -0.05) is 30.3 Å². The topological polar surface area (TPSA) is 56.3 Å². The molecule has 28 heavy (non-hydrogen) atoms. The molecule has 2 aliphatic heterocycles. The first-order valence-electron chi connectivity index (χ1n) is 10.2. The number of likely N-dealkylation sites (N-methyl/N-ethyl adjacent to an activating group) is 1. The van der Waals surface area contributed by atoms with Gasteiger partial charge >= 0.3 is 0 Å². The third-order valence-corrected chi connectivity index (χ3v) is 5.67. The molecule has 2 fully saturated rings. The van der Waals surface area contributed by atoms with Gasteiger partial charge in [-0.2, -0.15) is 0 Å². The fourth-order valence-electron chi connectivity index (χ4n) is 3.82. The zero-order valence-corrected chi connectivity index (χ0v) is 17.0. The van der Waals surface area contributed by atoms with Crippen molar-refractivity contribution in [3.05, 3.63) is 35.9 Å². The molecule has 1 aromatic carbocycles. The molecule has 0 radical (unpaired) electrons. The summed E-state index contributed by atoms with van der Waals surface area (Å²) in [6.45, 7) is 8.95. The number of hydrogen-bond acceptors (Lipinski definition) is 5. The van der Waals surface area contributed by atoms with E-state index in [2.05, 4.69) is 9.80 Å². The van der Waals surface area contributed by atoms with Gasteiger partial charge in [0.2, 0.25) is 11.8 Å². The number of piperazine rings is 1. The number of ether oxygens (including phenoxy) is 1. The average Bonchev–Trinajstić information content (AvgIpc) is 2.74. The number of nitrogens with zero attached hydrogens (tertiary/aromatic N) is 4. The highest BCUT2D eigenvalue weighted by Gasteiger charge is 2.29. The minimum atomic E-state index is -0.176. The molecule has 7 nitrogen and oxygen atoms in total. The van der Waals surface area contributed by atoms with Gasteiger partial charge in [-0.3, -0.25) is 19.4 Å². The maximum absolute atomic E-state index is 12.8. The van der Waals surface area contributed by atoms with Crippen LogP contribution in [-0.2, 0) is 20.9 Å². The second kappa shape index (κ2) is 10.0. The maximum atomic E-state index is 12.8. The molecule has 1 unspecified atom stereocenters. The molecular weight excluding hydrogens is 356 g/mol. The lowest BCUT2D eigenvalue weighted by Gasteiger charge is -2.39. The van der Waals surface area contributed by atoms with Gasteiger partial charge in [-0.15, -0.1) is 0 Å². The van der Waals surface area contributed by atoms with E-state index < -0.39 is 0 Å². The van der Waals surface area contributed by atoms with Gasteiger partial charge in [-0.05, 0) is 12.5 Å². The van der Waals surface area contributed by atoms with Crippen molar-refractivity contribution in [2.24, 2.45) is 0 Å². The summed E-state index contributed by atoms with van der Waals surface area (Å²) in [5.41, 5.74) is 1.13. The SMILES string of the molecule is CC(C(=O)N(C)Cc1ccccc1)N1CCN(C(=O)CN2CCOCC2)CC1. The van der Waals surface area contributed by atoms with Crippen molar-refractivity contribution >= 4 is 11.8 Å². The molecule has 0 N–H and O–H groups in total. The average molecular weight is 389 g/mol. The zero-order valence-electron chi connectivity index (χ0n) is 17.0. The van der Waals surface area contributed by atoms with Crippen LogP contribution in [0.2, 0.25) is 0 Å². The first kappa shape index (κ1) is 20.8. The summed E-state index contributed by atoms with van der Waals surface area (Å²) in [4.78, 5) is 33.4. The van der Waals surface area contributed by atoms with Crippen LogP contribution >= 0.6 is 0 Å². The fourth-order valence-corrected chi connectivity index (χ4v) is 3.82. The molecule has 0 bridgehead atoms. The largest absolute Gasteiger partial charge is 0.379 e. The van der Waals surface area contributed by atoms with Crippen molar-refractivity contribution in [3.63, 3.8) is 0 Å². The molecule has 0 aromatic heterocycles. The molecule has 0 spiro atoms. The van der Waals surface area contributed by atoms with Gasteiger partial charge < -0.3 is 14.5 Å². The lowest BCUT2D eigenvalue weighted by Crippen LogP contribution is -2.56. The van der Waals surface area contributed by atoms with Crippen LogP contribution in [0.15, 0.2) is 30.3 Å². The fraction of sp³-hybridized carbons (Fsp3) is 0.619. The number of rotatable bonds is 6. The number of amides is 2. The Morgan fingerprint density at radius 1 is 1.04 bits per heavy atom. The third kappa shape index (κ3) is 5.53. The summed E-state index contributed by atoms with van der Waals surface area (Å²) in [6, 6.07) is 9.85. The minimum absolute atomic E-state index is 0.122. The Morgan fingerprint density at radius 2 is 1.68 bits per heavy atom. The molecule has 7 heteroatoms. The van der Waals surface area contributed by atoms with Crippen LogP contribution in [0.25, 0.3) is 0 Å². The molecule has 2 saturated heterocycles. The predicted octanol–water partition coefficient (Wildman–Crippen LogP) is 0.510. The zero-order chi connectivity index (χ0) is 19.9. The van der Waals surface area contributed by atoms with Crippen LogP contribution in [0.1, 0.15) is 12.5 Å². The molecular formula is C21H32N4O3. The van der Waals surface area contributed by atoms with Crippen molar-refractivity contribution in [1.29, 1.82) is 0 Å². The van der Waals surface area contributed by atoms with E-state index in [1.165, 1.54) is 0 Å². The Kier molecular flexibility index (Phi) is 7.42. The standard InChI is InChI=1S/C21H32N4O3/c1-18(21(27)22(2)16-19-6-4-3-5-7-19)24-8-10-25(11-9-24)20(26)17-23-12-14-28-15-13-23/h3-7,18H,8-17H2,1-2H3. The summed E-state index contributed by atoms with van der Waals surface area (Å²) in [7, 11) is 1.86. The Bertz CT molecular complexity index is 640. The van der Waals surface area contributed by atoms with Crippen molar-refractivity contribution in [2.45, 2.75) is 19.5 Å². The van der Waals surface area contributed by atoms with Gasteiger partial charge in [0, 0.05) is 52.9 Å². The summed E-state index contributed by atoms with van der Waals surface area (Å²) < 4.78 is 5.34. The van der Waals surface area contributed by atoms with Crippen molar-refractivity contribution in [2.75, 3.05) is 66.1 Å². The summed E-state index contributed by atoms with van der Waals surface area (Å²) >= 11 is 0. The van der Waals surface area contributed by atoms with Crippen molar-refractivity contribution in [1.82, 2.24) is 19.6 Å². The highest BCUT2D eigenvalue weighted by Crippen LogP contribution is 2.11. The smallest absolute Gasteiger partial charge is 0.239 e. The van der Waals surface area contributed by atoms with Crippen LogP contribution in [0.5, 0.6) is 0 Å². The number of carbonyl (C=O) groups is 2. The molecule has 2 aliphatic rings. The Labute approximate surface area is 167 Å². The van der Waals surface area contributed by atoms with Gasteiger partial charge in [-0.25, -0.2) is 0 Å². The Hall–Kier alpha value is -1.96. The molecule has 3 rings (SSSR count). The summed E-state index contributed by atoms with van der Waals surface area (Å²) in [5.74, 6) is 0.304. The van der Waals surface area contributed by atoms with Gasteiger partial charge in [0.1, 0.15) is 0 Å². The van der Waals surface area contributed by atoms with E-state index in [-0.39, 0.29) is 17.9 Å². The third-order valence-electron chi connectivity index (χ3n) is 5.67. The van der Waals surface area contributed by atoms with Crippen LogP contribution in [0, 0.1) is 0 Å². The Balaban J connectivity index is 1.44. The van der Waals surface area contributed by atoms with Gasteiger partial charge in [0.05, 0.1) is 25.8 Å². The summed E-state index contributed by atoms with van der Waals surface area (Å²) in [5, 5.41) is 0. The predicted molar refractivity (Wildman–Crippen MR) is 108 cm³/mol. The van der Waals surface area contributed by atoms with Crippen molar-refractivity contribution < 1.29 is 14.3 Å². The van der Waals surface area contributed by atoms with Crippen LogP contribution in [0.3, 0.4) is 0 Å². The molecule has 2 amide bonds. The first-order chi connectivity index (χ1) is 13.5. The number of morpholine rings is 1. The minimum Gasteiger partial charge on any atom is -0.379 e. The molecule has 154 valence electrons. The maximum Gasteiger partial charge on any atom is 0.239 e. The van der Waals surface area contributed by atoms with Crippen LogP contribution in [0.4, 0.5) is 0 Å². The van der Waals surface area contributed by atoms with Gasteiger partial charge in [0.25, 0.3) is 0 Å².